The standard InChI is InChI=1S/C27H26N4O3S/c1-2-18-5-7-19(8-6-18)26(33)30-14-13-24-23(17-30)27(34)31(29-24)21-11-9-20(10-12-21)28-25(32)16-22-4-3-15-35-22/h3-12,15,23H,2,13-14,16-17H2,1H3,(H,28,32). The van der Waals surface area contributed by atoms with Crippen molar-refractivity contribution in [3.05, 3.63) is 82.0 Å². The van der Waals surface area contributed by atoms with Crippen LogP contribution in [-0.4, -0.2) is 41.4 Å². The second-order valence-electron chi connectivity index (χ2n) is 8.70. The van der Waals surface area contributed by atoms with E-state index < -0.39 is 5.92 Å². The number of amides is 3. The van der Waals surface area contributed by atoms with Crippen molar-refractivity contribution >= 4 is 46.1 Å². The summed E-state index contributed by atoms with van der Waals surface area (Å²) in [5, 5.41) is 10.8. The number of likely N-dealkylation sites (tertiary alicyclic amines) is 1. The normalized spacial score (nSPS) is 17.2. The second kappa shape index (κ2) is 9.84. The van der Waals surface area contributed by atoms with E-state index in [9.17, 15) is 14.4 Å². The lowest BCUT2D eigenvalue weighted by atomic mass is 9.95. The summed E-state index contributed by atoms with van der Waals surface area (Å²) in [5.74, 6) is -0.695. The van der Waals surface area contributed by atoms with Crippen molar-refractivity contribution in [3.8, 4) is 0 Å². The number of hydrogen-bond donors (Lipinski definition) is 1. The molecule has 1 unspecified atom stereocenters. The summed E-state index contributed by atoms with van der Waals surface area (Å²) in [5.41, 5.74) is 3.94. The molecule has 0 aliphatic carbocycles. The SMILES string of the molecule is CCc1ccc(C(=O)N2CCC3=NN(c4ccc(NC(=O)Cc5cccs5)cc4)C(=O)C3C2)cc1. The van der Waals surface area contributed by atoms with Crippen molar-refractivity contribution in [1.82, 2.24) is 4.90 Å². The first kappa shape index (κ1) is 23.0. The van der Waals surface area contributed by atoms with E-state index in [2.05, 4.69) is 17.3 Å². The molecule has 3 heterocycles. The van der Waals surface area contributed by atoms with Crippen molar-refractivity contribution in [2.24, 2.45) is 11.0 Å². The molecular formula is C27H26N4O3S. The molecule has 7 nitrogen and oxygen atoms in total. The quantitative estimate of drug-likeness (QED) is 0.562. The van der Waals surface area contributed by atoms with Crippen molar-refractivity contribution in [2.45, 2.75) is 26.2 Å². The van der Waals surface area contributed by atoms with Gasteiger partial charge in [0, 0.05) is 35.6 Å². The Bertz CT molecular complexity index is 1270. The number of rotatable bonds is 6. The Balaban J connectivity index is 1.22. The highest BCUT2D eigenvalue weighted by Crippen LogP contribution is 2.30. The Labute approximate surface area is 208 Å². The highest BCUT2D eigenvalue weighted by Gasteiger charge is 2.41. The van der Waals surface area contributed by atoms with E-state index in [-0.39, 0.29) is 17.7 Å². The summed E-state index contributed by atoms with van der Waals surface area (Å²) < 4.78 is 0. The molecule has 0 spiro atoms. The summed E-state index contributed by atoms with van der Waals surface area (Å²) in [6, 6.07) is 18.6. The van der Waals surface area contributed by atoms with E-state index >= 15 is 0 Å². The van der Waals surface area contributed by atoms with Gasteiger partial charge in [-0.3, -0.25) is 14.4 Å². The van der Waals surface area contributed by atoms with Crippen LogP contribution < -0.4 is 10.3 Å². The topological polar surface area (TPSA) is 82.1 Å². The third-order valence-electron chi connectivity index (χ3n) is 6.39. The molecule has 2 aliphatic heterocycles. The Kier molecular flexibility index (Phi) is 6.46. The van der Waals surface area contributed by atoms with Gasteiger partial charge in [-0.25, -0.2) is 5.01 Å². The Hall–Kier alpha value is -3.78. The lowest BCUT2D eigenvalue weighted by Crippen LogP contribution is -2.46. The van der Waals surface area contributed by atoms with Crippen LogP contribution in [0.2, 0.25) is 0 Å². The van der Waals surface area contributed by atoms with Crippen molar-refractivity contribution < 1.29 is 14.4 Å². The lowest BCUT2D eigenvalue weighted by Gasteiger charge is -2.30. The number of anilines is 2. The van der Waals surface area contributed by atoms with Gasteiger partial charge in [0.05, 0.1) is 23.7 Å². The van der Waals surface area contributed by atoms with Gasteiger partial charge in [-0.15, -0.1) is 11.3 Å². The maximum absolute atomic E-state index is 13.2. The number of carbonyl (C=O) groups excluding carboxylic acids is 3. The van der Waals surface area contributed by atoms with Gasteiger partial charge in [-0.05, 0) is 59.8 Å². The van der Waals surface area contributed by atoms with Crippen LogP contribution in [0.25, 0.3) is 0 Å². The van der Waals surface area contributed by atoms with Crippen LogP contribution in [0.3, 0.4) is 0 Å². The molecule has 1 aromatic heterocycles. The summed E-state index contributed by atoms with van der Waals surface area (Å²) in [7, 11) is 0. The third-order valence-corrected chi connectivity index (χ3v) is 7.26. The molecule has 35 heavy (non-hydrogen) atoms. The number of piperidine rings is 1. The Morgan fingerprint density at radius 3 is 2.54 bits per heavy atom. The molecule has 2 aromatic carbocycles. The van der Waals surface area contributed by atoms with Crippen LogP contribution in [0.1, 0.15) is 34.1 Å². The van der Waals surface area contributed by atoms with E-state index in [1.54, 1.807) is 40.5 Å². The van der Waals surface area contributed by atoms with Crippen LogP contribution >= 0.6 is 11.3 Å². The fraction of sp³-hybridized carbons (Fsp3) is 0.259. The first-order chi connectivity index (χ1) is 17.0. The summed E-state index contributed by atoms with van der Waals surface area (Å²) >= 11 is 1.55. The fourth-order valence-corrected chi connectivity index (χ4v) is 5.11. The van der Waals surface area contributed by atoms with Crippen LogP contribution in [-0.2, 0) is 22.4 Å². The van der Waals surface area contributed by atoms with Gasteiger partial charge in [-0.2, -0.15) is 5.10 Å². The predicted octanol–water partition coefficient (Wildman–Crippen LogP) is 4.36. The smallest absolute Gasteiger partial charge is 0.258 e. The van der Waals surface area contributed by atoms with Gasteiger partial charge in [0.25, 0.3) is 11.8 Å². The van der Waals surface area contributed by atoms with Gasteiger partial charge in [0.2, 0.25) is 5.91 Å². The van der Waals surface area contributed by atoms with Gasteiger partial charge >= 0.3 is 0 Å². The van der Waals surface area contributed by atoms with Crippen molar-refractivity contribution in [2.75, 3.05) is 23.4 Å². The zero-order valence-electron chi connectivity index (χ0n) is 19.4. The molecule has 178 valence electrons. The number of hydrogen-bond acceptors (Lipinski definition) is 5. The monoisotopic (exact) mass is 486 g/mol. The van der Waals surface area contributed by atoms with Gasteiger partial charge in [-0.1, -0.05) is 25.1 Å². The molecule has 1 fully saturated rings. The van der Waals surface area contributed by atoms with Crippen LogP contribution in [0, 0.1) is 5.92 Å². The zero-order chi connectivity index (χ0) is 24.4. The minimum atomic E-state index is -0.423. The first-order valence-corrected chi connectivity index (χ1v) is 12.6. The molecular weight excluding hydrogens is 460 g/mol. The maximum Gasteiger partial charge on any atom is 0.258 e. The zero-order valence-corrected chi connectivity index (χ0v) is 20.3. The second-order valence-corrected chi connectivity index (χ2v) is 9.73. The average Bonchev–Trinajstić information content (AvgIpc) is 3.51. The Morgan fingerprint density at radius 1 is 1.09 bits per heavy atom. The molecule has 0 bridgehead atoms. The van der Waals surface area contributed by atoms with E-state index in [0.29, 0.717) is 42.9 Å². The number of nitrogens with zero attached hydrogens (tertiary/aromatic N) is 3. The van der Waals surface area contributed by atoms with E-state index in [0.717, 1.165) is 17.0 Å². The molecule has 8 heteroatoms. The largest absolute Gasteiger partial charge is 0.337 e. The third kappa shape index (κ3) is 4.88. The van der Waals surface area contributed by atoms with Crippen LogP contribution in [0.15, 0.2) is 71.1 Å². The Morgan fingerprint density at radius 2 is 1.86 bits per heavy atom. The fourth-order valence-electron chi connectivity index (χ4n) is 4.40. The number of aryl methyl sites for hydroxylation is 1. The van der Waals surface area contributed by atoms with Crippen molar-refractivity contribution in [3.63, 3.8) is 0 Å². The van der Waals surface area contributed by atoms with Gasteiger partial charge in [0.15, 0.2) is 0 Å². The average molecular weight is 487 g/mol. The number of benzene rings is 2. The molecule has 1 saturated heterocycles. The summed E-state index contributed by atoms with van der Waals surface area (Å²) in [4.78, 5) is 41.2. The number of nitrogens with one attached hydrogen (secondary N) is 1. The van der Waals surface area contributed by atoms with Gasteiger partial charge in [0.1, 0.15) is 0 Å². The number of fused-ring (bicyclic) bond motifs is 1. The number of thiophene rings is 1. The summed E-state index contributed by atoms with van der Waals surface area (Å²) in [6.45, 7) is 2.95. The lowest BCUT2D eigenvalue weighted by molar-refractivity contribution is -0.120. The molecule has 0 saturated carbocycles. The summed E-state index contributed by atoms with van der Waals surface area (Å²) in [6.07, 6.45) is 1.83. The molecule has 1 N–H and O–H groups in total. The van der Waals surface area contributed by atoms with Crippen molar-refractivity contribution in [1.29, 1.82) is 0 Å². The van der Waals surface area contributed by atoms with E-state index in [1.807, 2.05) is 41.8 Å². The number of hydrazone groups is 1. The van der Waals surface area contributed by atoms with Crippen LogP contribution in [0.4, 0.5) is 11.4 Å². The highest BCUT2D eigenvalue weighted by atomic mass is 32.1. The molecule has 3 aromatic rings. The first-order valence-electron chi connectivity index (χ1n) is 11.7. The molecule has 3 amide bonds. The van der Waals surface area contributed by atoms with Crippen LogP contribution in [0.5, 0.6) is 0 Å². The molecule has 5 rings (SSSR count). The van der Waals surface area contributed by atoms with E-state index in [1.165, 1.54) is 10.6 Å². The number of carbonyl (C=O) groups is 3. The molecule has 1 atom stereocenters. The maximum atomic E-state index is 13.2. The predicted molar refractivity (Wildman–Crippen MR) is 138 cm³/mol. The minimum absolute atomic E-state index is 0.0550. The van der Waals surface area contributed by atoms with Gasteiger partial charge < -0.3 is 10.2 Å². The molecule has 2 aliphatic rings. The minimum Gasteiger partial charge on any atom is -0.337 e. The van der Waals surface area contributed by atoms with E-state index in [4.69, 9.17) is 0 Å². The highest BCUT2D eigenvalue weighted by molar-refractivity contribution is 7.10. The molecule has 0 radical (unpaired) electrons.